The smallest absolute Gasteiger partial charge is 0.270 e. The van der Waals surface area contributed by atoms with Gasteiger partial charge in [0.05, 0.1) is 30.1 Å². The molecule has 5 atom stereocenters. The van der Waals surface area contributed by atoms with E-state index in [9.17, 15) is 24.3 Å². The Balaban J connectivity index is 1.15. The summed E-state index contributed by atoms with van der Waals surface area (Å²) in [5, 5.41) is 22.8. The second-order valence-electron chi connectivity index (χ2n) is 14.7. The molecule has 11 heteroatoms. The highest BCUT2D eigenvalue weighted by Crippen LogP contribution is 2.27. The first-order valence-corrected chi connectivity index (χ1v) is 19.6. The molecule has 0 saturated heterocycles. The average Bonchev–Trinajstić information content (AvgIpc) is 3.69. The Morgan fingerprint density at radius 1 is 0.644 bits per heavy atom. The van der Waals surface area contributed by atoms with Gasteiger partial charge in [-0.25, -0.2) is 4.98 Å². The summed E-state index contributed by atoms with van der Waals surface area (Å²) in [6, 6.07) is 46.3. The summed E-state index contributed by atoms with van der Waals surface area (Å²) in [5.74, 6) is -3.21. The number of H-pyrrole nitrogens is 1. The molecule has 2 aromatic heterocycles. The van der Waals surface area contributed by atoms with Gasteiger partial charge in [0.2, 0.25) is 17.7 Å². The number of nitrogens with one attached hydrogen (secondary N) is 4. The second-order valence-corrected chi connectivity index (χ2v) is 14.7. The fourth-order valence-electron chi connectivity index (χ4n) is 7.40. The number of nitrogens with zero attached hydrogens (tertiary/aromatic N) is 1. The van der Waals surface area contributed by atoms with E-state index in [1.54, 1.807) is 18.2 Å². The third-order valence-corrected chi connectivity index (χ3v) is 10.5. The number of pyridine rings is 1. The van der Waals surface area contributed by atoms with Gasteiger partial charge in [-0.3, -0.25) is 19.2 Å². The van der Waals surface area contributed by atoms with Gasteiger partial charge < -0.3 is 31.8 Å². The van der Waals surface area contributed by atoms with E-state index in [-0.39, 0.29) is 24.4 Å². The fourth-order valence-corrected chi connectivity index (χ4v) is 7.40. The van der Waals surface area contributed by atoms with E-state index in [2.05, 4.69) is 25.9 Å². The van der Waals surface area contributed by atoms with E-state index < -0.39 is 54.3 Å². The van der Waals surface area contributed by atoms with Gasteiger partial charge in [-0.1, -0.05) is 133 Å². The van der Waals surface area contributed by atoms with Crippen LogP contribution in [0.5, 0.6) is 0 Å². The molecule has 0 bridgehead atoms. The number of aromatic nitrogens is 2. The number of aliphatic hydroxyl groups excluding tert-OH is 1. The van der Waals surface area contributed by atoms with Crippen molar-refractivity contribution in [1.82, 2.24) is 25.9 Å². The minimum atomic E-state index is -1.37. The summed E-state index contributed by atoms with van der Waals surface area (Å²) in [7, 11) is 0. The van der Waals surface area contributed by atoms with E-state index >= 15 is 0 Å². The van der Waals surface area contributed by atoms with Gasteiger partial charge in [0.1, 0.15) is 11.7 Å². The number of carbonyl (C=O) groups excluding carboxylic acids is 4. The number of benzene rings is 5. The first kappa shape index (κ1) is 40.1. The first-order valence-electron chi connectivity index (χ1n) is 19.6. The van der Waals surface area contributed by atoms with Gasteiger partial charge in [0.25, 0.3) is 5.91 Å². The molecule has 2 heterocycles. The number of aliphatic hydroxyl groups is 1. The fraction of sp³-hybridized carbons (Fsp3) is 0.188. The molecule has 0 aliphatic heterocycles. The second kappa shape index (κ2) is 18.9. The number of nitrogens with two attached hydrogens (primary N) is 1. The summed E-state index contributed by atoms with van der Waals surface area (Å²) in [6.07, 6.45) is -1.26. The molecular weight excluding hydrogens is 741 g/mol. The molecule has 0 aliphatic carbocycles. The molecule has 7 N–H and O–H groups in total. The third kappa shape index (κ3) is 10.4. The Kier molecular flexibility index (Phi) is 12.8. The van der Waals surface area contributed by atoms with Crippen LogP contribution in [-0.4, -0.2) is 56.9 Å². The Morgan fingerprint density at radius 3 is 1.93 bits per heavy atom. The molecule has 7 aromatic rings. The zero-order valence-corrected chi connectivity index (χ0v) is 32.3. The van der Waals surface area contributed by atoms with Crippen LogP contribution in [0.3, 0.4) is 0 Å². The van der Waals surface area contributed by atoms with Crippen molar-refractivity contribution in [2.24, 2.45) is 11.7 Å². The van der Waals surface area contributed by atoms with E-state index in [0.29, 0.717) is 11.9 Å². The number of fused-ring (bicyclic) bond motifs is 2. The molecule has 2 unspecified atom stereocenters. The zero-order valence-electron chi connectivity index (χ0n) is 32.3. The minimum absolute atomic E-state index is 0.0272. The number of primary amides is 1. The average molecular weight is 787 g/mol. The van der Waals surface area contributed by atoms with Crippen molar-refractivity contribution >= 4 is 45.4 Å². The Labute approximate surface area is 342 Å². The van der Waals surface area contributed by atoms with Crippen molar-refractivity contribution in [3.8, 4) is 0 Å². The van der Waals surface area contributed by atoms with Gasteiger partial charge >= 0.3 is 0 Å². The van der Waals surface area contributed by atoms with Crippen LogP contribution in [0.1, 0.15) is 51.8 Å². The van der Waals surface area contributed by atoms with Crippen molar-refractivity contribution in [1.29, 1.82) is 0 Å². The standard InChI is InChI=1S/C48H46N6O5/c49-44(56)30-42(53-47(58)39-25-24-33-18-10-12-22-37(33)50-39)48(59)52-40(27-32-16-6-2-7-17-32)43(55)29-36(26-31-14-4-1-5-15-31)46(57)54-45(34-19-8-3-9-20-34)41-28-35-21-11-13-23-38(35)51-41/h1-25,28,36,40,42-43,45,51,55H,26-27,29-30H2,(H2,49,56)(H,52,59)(H,53,58)(H,54,57)/t36-,40?,42+,43+,45?/m1/s1. The maximum absolute atomic E-state index is 14.6. The Hall–Kier alpha value is -7.11. The molecule has 298 valence electrons. The highest BCUT2D eigenvalue weighted by Gasteiger charge is 2.33. The molecule has 59 heavy (non-hydrogen) atoms. The molecule has 5 aromatic carbocycles. The Morgan fingerprint density at radius 2 is 1.25 bits per heavy atom. The molecule has 7 rings (SSSR count). The molecule has 11 nitrogen and oxygen atoms in total. The van der Waals surface area contributed by atoms with Crippen molar-refractivity contribution in [3.05, 3.63) is 186 Å². The van der Waals surface area contributed by atoms with Crippen LogP contribution in [0.2, 0.25) is 0 Å². The van der Waals surface area contributed by atoms with Crippen LogP contribution >= 0.6 is 0 Å². The van der Waals surface area contributed by atoms with Crippen molar-refractivity contribution < 1.29 is 24.3 Å². The predicted molar refractivity (Wildman–Crippen MR) is 228 cm³/mol. The normalized spacial score (nSPS) is 13.8. The molecule has 0 radical (unpaired) electrons. The number of aromatic amines is 1. The summed E-state index contributed by atoms with van der Waals surface area (Å²) in [4.78, 5) is 62.2. The van der Waals surface area contributed by atoms with Gasteiger partial charge in [-0.2, -0.15) is 0 Å². The van der Waals surface area contributed by atoms with Crippen molar-refractivity contribution in [2.45, 2.75) is 49.9 Å². The van der Waals surface area contributed by atoms with E-state index in [4.69, 9.17) is 5.73 Å². The van der Waals surface area contributed by atoms with Crippen LogP contribution < -0.4 is 21.7 Å². The van der Waals surface area contributed by atoms with Gasteiger partial charge in [-0.05, 0) is 65.6 Å². The van der Waals surface area contributed by atoms with Crippen molar-refractivity contribution in [3.63, 3.8) is 0 Å². The highest BCUT2D eigenvalue weighted by molar-refractivity contribution is 5.99. The van der Waals surface area contributed by atoms with Crippen LogP contribution in [0, 0.1) is 5.92 Å². The lowest BCUT2D eigenvalue weighted by Gasteiger charge is -2.30. The predicted octanol–water partition coefficient (Wildman–Crippen LogP) is 5.93. The first-order chi connectivity index (χ1) is 28.7. The molecule has 0 fully saturated rings. The molecule has 0 saturated carbocycles. The molecule has 0 aliphatic rings. The monoisotopic (exact) mass is 786 g/mol. The van der Waals surface area contributed by atoms with Crippen LogP contribution in [0.4, 0.5) is 0 Å². The summed E-state index contributed by atoms with van der Waals surface area (Å²) in [6.45, 7) is 0. The largest absolute Gasteiger partial charge is 0.391 e. The molecule has 4 amide bonds. The highest BCUT2D eigenvalue weighted by atomic mass is 16.3. The zero-order chi connectivity index (χ0) is 41.1. The van der Waals surface area contributed by atoms with Crippen molar-refractivity contribution in [2.75, 3.05) is 0 Å². The lowest BCUT2D eigenvalue weighted by atomic mass is 9.88. The quantitative estimate of drug-likeness (QED) is 0.0666. The number of amides is 4. The van der Waals surface area contributed by atoms with Gasteiger partial charge in [-0.15, -0.1) is 0 Å². The van der Waals surface area contributed by atoms with E-state index in [1.165, 1.54) is 6.07 Å². The molecular formula is C48H46N6O5. The SMILES string of the molecule is NC(=O)C[C@H](NC(=O)c1ccc2ccccc2n1)C(=O)NC(Cc1ccccc1)[C@@H](O)C[C@@H](Cc1ccccc1)C(=O)NC(c1ccccc1)c1cc2ccccc2[nH]1. The van der Waals surface area contributed by atoms with E-state index in [0.717, 1.165) is 38.7 Å². The van der Waals surface area contributed by atoms with Crippen LogP contribution in [0.25, 0.3) is 21.8 Å². The maximum atomic E-state index is 14.6. The lowest BCUT2D eigenvalue weighted by Crippen LogP contribution is -2.54. The number of rotatable bonds is 17. The number of carbonyl (C=O) groups is 4. The minimum Gasteiger partial charge on any atom is -0.391 e. The maximum Gasteiger partial charge on any atom is 0.270 e. The van der Waals surface area contributed by atoms with Gasteiger partial charge in [0.15, 0.2) is 0 Å². The summed E-state index contributed by atoms with van der Waals surface area (Å²) >= 11 is 0. The van der Waals surface area contributed by atoms with Gasteiger partial charge in [0, 0.05) is 22.5 Å². The van der Waals surface area contributed by atoms with Crippen LogP contribution in [-0.2, 0) is 27.2 Å². The third-order valence-electron chi connectivity index (χ3n) is 10.5. The van der Waals surface area contributed by atoms with E-state index in [1.807, 2.05) is 133 Å². The lowest BCUT2D eigenvalue weighted by molar-refractivity contribution is -0.128. The molecule has 0 spiro atoms. The number of hydrogen-bond acceptors (Lipinski definition) is 6. The Bertz CT molecular complexity index is 2490. The summed E-state index contributed by atoms with van der Waals surface area (Å²) < 4.78 is 0. The number of para-hydroxylation sites is 2. The number of hydrogen-bond donors (Lipinski definition) is 6. The summed E-state index contributed by atoms with van der Waals surface area (Å²) in [5.41, 5.74) is 10.6. The topological polar surface area (TPSA) is 179 Å². The van der Waals surface area contributed by atoms with Crippen LogP contribution in [0.15, 0.2) is 158 Å².